The molecule has 1 saturated heterocycles. The minimum absolute atomic E-state index is 0.0129. The Labute approximate surface area is 168 Å². The normalized spacial score (nSPS) is 30.4. The lowest BCUT2D eigenvalue weighted by molar-refractivity contribution is -0.133. The van der Waals surface area contributed by atoms with Gasteiger partial charge in [0.05, 0.1) is 0 Å². The van der Waals surface area contributed by atoms with Crippen LogP contribution in [0, 0.1) is 17.8 Å². The molecule has 2 bridgehead atoms. The molecule has 0 aromatic heterocycles. The standard InChI is InChI=1S/C21H35N5O2/c1-25(2)19(27)13-22-21(24-18-12-14-3-4-16(18)11-14)23-17-7-9-26(10-8-17)20(28)15-5-6-15/h14-18H,3-13H2,1-2H3,(H2,22,23,24). The third-order valence-corrected chi connectivity index (χ3v) is 7.01. The molecule has 7 nitrogen and oxygen atoms in total. The van der Waals surface area contributed by atoms with E-state index in [1.165, 1.54) is 25.7 Å². The summed E-state index contributed by atoms with van der Waals surface area (Å²) in [7, 11) is 3.53. The fourth-order valence-corrected chi connectivity index (χ4v) is 5.04. The maximum Gasteiger partial charge on any atom is 0.243 e. The molecule has 156 valence electrons. The number of rotatable bonds is 5. The minimum atomic E-state index is 0.0129. The highest BCUT2D eigenvalue weighted by molar-refractivity contribution is 5.85. The summed E-state index contributed by atoms with van der Waals surface area (Å²) < 4.78 is 0. The molecule has 2 N–H and O–H groups in total. The molecule has 3 unspecified atom stereocenters. The topological polar surface area (TPSA) is 77.0 Å². The Morgan fingerprint density at radius 1 is 1.00 bits per heavy atom. The first-order valence-corrected chi connectivity index (χ1v) is 11.1. The summed E-state index contributed by atoms with van der Waals surface area (Å²) >= 11 is 0. The molecule has 3 saturated carbocycles. The number of carbonyl (C=O) groups excluding carboxylic acids is 2. The third kappa shape index (κ3) is 4.61. The van der Waals surface area contributed by atoms with Gasteiger partial charge in [-0.2, -0.15) is 0 Å². The van der Waals surface area contributed by atoms with Crippen LogP contribution in [0.15, 0.2) is 4.99 Å². The maximum absolute atomic E-state index is 12.3. The average Bonchev–Trinajstić information content (AvgIpc) is 3.34. The second kappa shape index (κ2) is 8.29. The van der Waals surface area contributed by atoms with Crippen molar-refractivity contribution in [3.05, 3.63) is 0 Å². The molecule has 2 amide bonds. The highest BCUT2D eigenvalue weighted by Crippen LogP contribution is 2.44. The van der Waals surface area contributed by atoms with E-state index in [-0.39, 0.29) is 12.5 Å². The molecule has 0 spiro atoms. The van der Waals surface area contributed by atoms with Crippen molar-refractivity contribution < 1.29 is 9.59 Å². The van der Waals surface area contributed by atoms with Gasteiger partial charge in [0, 0.05) is 45.2 Å². The zero-order chi connectivity index (χ0) is 19.7. The Morgan fingerprint density at radius 3 is 2.32 bits per heavy atom. The van der Waals surface area contributed by atoms with Gasteiger partial charge in [-0.05, 0) is 56.8 Å². The van der Waals surface area contributed by atoms with Gasteiger partial charge < -0.3 is 20.4 Å². The summed E-state index contributed by atoms with van der Waals surface area (Å²) in [5.74, 6) is 3.06. The van der Waals surface area contributed by atoms with Gasteiger partial charge >= 0.3 is 0 Å². The van der Waals surface area contributed by atoms with E-state index in [0.29, 0.717) is 23.9 Å². The van der Waals surface area contributed by atoms with E-state index >= 15 is 0 Å². The average molecular weight is 390 g/mol. The van der Waals surface area contributed by atoms with Crippen molar-refractivity contribution >= 4 is 17.8 Å². The number of hydrogen-bond acceptors (Lipinski definition) is 3. The van der Waals surface area contributed by atoms with Crippen LogP contribution < -0.4 is 10.6 Å². The first kappa shape index (κ1) is 19.5. The lowest BCUT2D eigenvalue weighted by Gasteiger charge is -2.34. The van der Waals surface area contributed by atoms with Crippen molar-refractivity contribution in [2.75, 3.05) is 33.7 Å². The maximum atomic E-state index is 12.3. The number of likely N-dealkylation sites (N-methyl/N-ethyl adjacent to an activating group) is 1. The molecular weight excluding hydrogens is 354 g/mol. The smallest absolute Gasteiger partial charge is 0.243 e. The number of nitrogens with one attached hydrogen (secondary N) is 2. The van der Waals surface area contributed by atoms with Crippen LogP contribution in [0.1, 0.15) is 51.4 Å². The van der Waals surface area contributed by atoms with Gasteiger partial charge in [0.1, 0.15) is 6.54 Å². The lowest BCUT2D eigenvalue weighted by Crippen LogP contribution is -2.52. The fraction of sp³-hybridized carbons (Fsp3) is 0.857. The van der Waals surface area contributed by atoms with Crippen LogP contribution in [0.5, 0.6) is 0 Å². The van der Waals surface area contributed by atoms with Gasteiger partial charge in [0.2, 0.25) is 11.8 Å². The number of guanidine groups is 1. The fourth-order valence-electron chi connectivity index (χ4n) is 5.04. The Balaban J connectivity index is 1.32. The van der Waals surface area contributed by atoms with E-state index in [4.69, 9.17) is 0 Å². The molecule has 7 heteroatoms. The number of nitrogens with zero attached hydrogens (tertiary/aromatic N) is 3. The van der Waals surface area contributed by atoms with E-state index in [1.807, 2.05) is 4.90 Å². The van der Waals surface area contributed by atoms with Crippen molar-refractivity contribution in [2.24, 2.45) is 22.7 Å². The molecule has 1 heterocycles. The van der Waals surface area contributed by atoms with Crippen LogP contribution in [0.3, 0.4) is 0 Å². The number of carbonyl (C=O) groups is 2. The minimum Gasteiger partial charge on any atom is -0.354 e. The Morgan fingerprint density at radius 2 is 1.75 bits per heavy atom. The molecule has 0 aromatic carbocycles. The van der Waals surface area contributed by atoms with Gasteiger partial charge in [-0.25, -0.2) is 4.99 Å². The number of aliphatic imine (C=N–C) groups is 1. The third-order valence-electron chi connectivity index (χ3n) is 7.01. The molecule has 4 fully saturated rings. The summed E-state index contributed by atoms with van der Waals surface area (Å²) in [6, 6.07) is 0.790. The zero-order valence-corrected chi connectivity index (χ0v) is 17.3. The SMILES string of the molecule is CN(C)C(=O)CN=C(NC1CCN(C(=O)C2CC2)CC1)NC1CC2CCC1C2. The van der Waals surface area contributed by atoms with Crippen molar-refractivity contribution in [2.45, 2.75) is 63.5 Å². The van der Waals surface area contributed by atoms with Crippen LogP contribution in [0.2, 0.25) is 0 Å². The monoisotopic (exact) mass is 389 g/mol. The van der Waals surface area contributed by atoms with E-state index in [0.717, 1.165) is 56.6 Å². The number of hydrogen-bond donors (Lipinski definition) is 2. The summed E-state index contributed by atoms with van der Waals surface area (Å²) in [5, 5.41) is 7.21. The number of likely N-dealkylation sites (tertiary alicyclic amines) is 1. The van der Waals surface area contributed by atoms with E-state index in [1.54, 1.807) is 19.0 Å². The van der Waals surface area contributed by atoms with Gasteiger partial charge in [-0.3, -0.25) is 9.59 Å². The van der Waals surface area contributed by atoms with Crippen LogP contribution in [0.4, 0.5) is 0 Å². The first-order chi connectivity index (χ1) is 13.5. The largest absolute Gasteiger partial charge is 0.354 e. The van der Waals surface area contributed by atoms with Crippen molar-refractivity contribution in [3.63, 3.8) is 0 Å². The van der Waals surface area contributed by atoms with E-state index < -0.39 is 0 Å². The van der Waals surface area contributed by atoms with Crippen LogP contribution in [-0.2, 0) is 9.59 Å². The highest BCUT2D eigenvalue weighted by Gasteiger charge is 2.40. The molecule has 28 heavy (non-hydrogen) atoms. The Hall–Kier alpha value is -1.79. The zero-order valence-electron chi connectivity index (χ0n) is 17.3. The molecule has 4 rings (SSSR count). The van der Waals surface area contributed by atoms with Crippen LogP contribution >= 0.6 is 0 Å². The number of piperidine rings is 1. The quantitative estimate of drug-likeness (QED) is 0.547. The Bertz CT molecular complexity index is 622. The second-order valence-electron chi connectivity index (χ2n) is 9.40. The lowest BCUT2D eigenvalue weighted by atomic mass is 9.95. The molecule has 0 aromatic rings. The molecule has 3 aliphatic carbocycles. The Kier molecular flexibility index (Phi) is 5.78. The summed E-state index contributed by atoms with van der Waals surface area (Å²) in [5.41, 5.74) is 0. The van der Waals surface area contributed by atoms with Gasteiger partial charge in [-0.15, -0.1) is 0 Å². The predicted molar refractivity (Wildman–Crippen MR) is 109 cm³/mol. The predicted octanol–water partition coefficient (Wildman–Crippen LogP) is 1.20. The number of amides is 2. The molecule has 4 aliphatic rings. The summed E-state index contributed by atoms with van der Waals surface area (Å²) in [6.07, 6.45) is 9.27. The summed E-state index contributed by atoms with van der Waals surface area (Å²) in [6.45, 7) is 1.82. The molecule has 3 atom stereocenters. The van der Waals surface area contributed by atoms with Crippen LogP contribution in [0.25, 0.3) is 0 Å². The van der Waals surface area contributed by atoms with E-state index in [2.05, 4.69) is 15.6 Å². The van der Waals surface area contributed by atoms with Gasteiger partial charge in [0.15, 0.2) is 5.96 Å². The van der Waals surface area contributed by atoms with Gasteiger partial charge in [-0.1, -0.05) is 6.42 Å². The van der Waals surface area contributed by atoms with Crippen LogP contribution in [-0.4, -0.2) is 73.4 Å². The summed E-state index contributed by atoms with van der Waals surface area (Å²) in [4.78, 5) is 32.5. The second-order valence-corrected chi connectivity index (χ2v) is 9.40. The van der Waals surface area contributed by atoms with Crippen molar-refractivity contribution in [3.8, 4) is 0 Å². The molecular formula is C21H35N5O2. The van der Waals surface area contributed by atoms with E-state index in [9.17, 15) is 9.59 Å². The number of fused-ring (bicyclic) bond motifs is 2. The van der Waals surface area contributed by atoms with Gasteiger partial charge in [0.25, 0.3) is 0 Å². The first-order valence-electron chi connectivity index (χ1n) is 11.1. The van der Waals surface area contributed by atoms with Crippen molar-refractivity contribution in [1.82, 2.24) is 20.4 Å². The molecule has 0 radical (unpaired) electrons. The molecule has 1 aliphatic heterocycles. The highest BCUT2D eigenvalue weighted by atomic mass is 16.2. The van der Waals surface area contributed by atoms with Crippen molar-refractivity contribution in [1.29, 1.82) is 0 Å².